The molecule has 0 unspecified atom stereocenters. The minimum atomic E-state index is 0.320. The van der Waals surface area contributed by atoms with Crippen LogP contribution in [0.4, 0.5) is 0 Å². The molecule has 0 aliphatic carbocycles. The standard InChI is InChI=1S/C17H24N2O/c1-12-10-16(14(3)19(12)4)11-18-13(2)15-6-8-17(20-5)9-7-15/h6-10,13,18H,11H2,1-5H3/t13-/m1/s1. The van der Waals surface area contributed by atoms with Gasteiger partial charge in [-0.1, -0.05) is 12.1 Å². The maximum absolute atomic E-state index is 5.19. The fourth-order valence-electron chi connectivity index (χ4n) is 2.39. The number of methoxy groups -OCH3 is 1. The minimum Gasteiger partial charge on any atom is -0.497 e. The van der Waals surface area contributed by atoms with Crippen LogP contribution >= 0.6 is 0 Å². The molecule has 0 spiro atoms. The second-order valence-electron chi connectivity index (χ2n) is 5.33. The van der Waals surface area contributed by atoms with E-state index in [0.29, 0.717) is 6.04 Å². The van der Waals surface area contributed by atoms with Gasteiger partial charge in [-0.15, -0.1) is 0 Å². The molecule has 3 heteroatoms. The molecule has 1 aromatic heterocycles. The number of aromatic nitrogens is 1. The van der Waals surface area contributed by atoms with Gasteiger partial charge >= 0.3 is 0 Å². The Morgan fingerprint density at radius 3 is 2.35 bits per heavy atom. The molecule has 0 amide bonds. The Morgan fingerprint density at radius 2 is 1.85 bits per heavy atom. The molecule has 1 N–H and O–H groups in total. The highest BCUT2D eigenvalue weighted by atomic mass is 16.5. The summed E-state index contributed by atoms with van der Waals surface area (Å²) in [6.45, 7) is 7.39. The van der Waals surface area contributed by atoms with Crippen molar-refractivity contribution in [2.24, 2.45) is 7.05 Å². The van der Waals surface area contributed by atoms with E-state index < -0.39 is 0 Å². The van der Waals surface area contributed by atoms with Gasteiger partial charge < -0.3 is 14.6 Å². The van der Waals surface area contributed by atoms with Gasteiger partial charge in [-0.2, -0.15) is 0 Å². The normalized spacial score (nSPS) is 12.4. The van der Waals surface area contributed by atoms with Crippen molar-refractivity contribution in [1.82, 2.24) is 9.88 Å². The van der Waals surface area contributed by atoms with Crippen LogP contribution in [0.3, 0.4) is 0 Å². The van der Waals surface area contributed by atoms with Crippen molar-refractivity contribution >= 4 is 0 Å². The second-order valence-corrected chi connectivity index (χ2v) is 5.33. The lowest BCUT2D eigenvalue weighted by Gasteiger charge is -2.15. The first-order chi connectivity index (χ1) is 9.52. The molecule has 0 aliphatic heterocycles. The molecule has 3 nitrogen and oxygen atoms in total. The monoisotopic (exact) mass is 272 g/mol. The average molecular weight is 272 g/mol. The van der Waals surface area contributed by atoms with E-state index in [1.54, 1.807) is 7.11 Å². The number of hydrogen-bond donors (Lipinski definition) is 1. The average Bonchev–Trinajstić information content (AvgIpc) is 2.72. The molecule has 0 fully saturated rings. The summed E-state index contributed by atoms with van der Waals surface area (Å²) < 4.78 is 7.42. The van der Waals surface area contributed by atoms with E-state index in [2.05, 4.69) is 55.9 Å². The highest BCUT2D eigenvalue weighted by Crippen LogP contribution is 2.19. The van der Waals surface area contributed by atoms with E-state index in [9.17, 15) is 0 Å². The highest BCUT2D eigenvalue weighted by molar-refractivity contribution is 5.30. The second kappa shape index (κ2) is 6.14. The van der Waals surface area contributed by atoms with Crippen LogP contribution in [-0.2, 0) is 13.6 Å². The maximum atomic E-state index is 5.19. The van der Waals surface area contributed by atoms with Gasteiger partial charge in [-0.25, -0.2) is 0 Å². The van der Waals surface area contributed by atoms with E-state index in [0.717, 1.165) is 12.3 Å². The SMILES string of the molecule is COc1ccc([C@@H](C)NCc2cc(C)n(C)c2C)cc1. The third-order valence-corrected chi connectivity index (χ3v) is 4.09. The van der Waals surface area contributed by atoms with E-state index in [4.69, 9.17) is 4.74 Å². The quantitative estimate of drug-likeness (QED) is 0.901. The molecular formula is C17H24N2O. The van der Waals surface area contributed by atoms with Crippen LogP contribution in [0.25, 0.3) is 0 Å². The molecule has 0 bridgehead atoms. The van der Waals surface area contributed by atoms with Gasteiger partial charge in [0.2, 0.25) is 0 Å². The van der Waals surface area contributed by atoms with E-state index in [-0.39, 0.29) is 0 Å². The van der Waals surface area contributed by atoms with Crippen molar-refractivity contribution in [2.75, 3.05) is 7.11 Å². The number of benzene rings is 1. The summed E-state index contributed by atoms with van der Waals surface area (Å²) in [7, 11) is 3.80. The van der Waals surface area contributed by atoms with Crippen LogP contribution in [0.1, 0.15) is 35.5 Å². The van der Waals surface area contributed by atoms with Crippen LogP contribution in [0.15, 0.2) is 30.3 Å². The molecule has 0 aliphatic rings. The highest BCUT2D eigenvalue weighted by Gasteiger charge is 2.09. The number of hydrogen-bond acceptors (Lipinski definition) is 2. The minimum absolute atomic E-state index is 0.320. The zero-order valence-electron chi connectivity index (χ0n) is 13.0. The number of aryl methyl sites for hydroxylation is 1. The molecule has 1 heterocycles. The van der Waals surface area contributed by atoms with Crippen LogP contribution in [0.5, 0.6) is 5.75 Å². The summed E-state index contributed by atoms with van der Waals surface area (Å²) in [4.78, 5) is 0. The molecule has 0 saturated carbocycles. The lowest BCUT2D eigenvalue weighted by Crippen LogP contribution is -2.18. The summed E-state index contributed by atoms with van der Waals surface area (Å²) >= 11 is 0. The molecule has 2 aromatic rings. The van der Waals surface area contributed by atoms with Crippen LogP contribution in [0, 0.1) is 13.8 Å². The maximum Gasteiger partial charge on any atom is 0.118 e. The zero-order chi connectivity index (χ0) is 14.7. The number of ether oxygens (including phenoxy) is 1. The molecule has 2 rings (SSSR count). The molecule has 0 radical (unpaired) electrons. The van der Waals surface area contributed by atoms with Crippen molar-refractivity contribution < 1.29 is 4.74 Å². The zero-order valence-corrected chi connectivity index (χ0v) is 13.0. The first-order valence-electron chi connectivity index (χ1n) is 7.02. The molecule has 0 saturated heterocycles. The largest absolute Gasteiger partial charge is 0.497 e. The number of nitrogens with zero attached hydrogens (tertiary/aromatic N) is 1. The van der Waals surface area contributed by atoms with Crippen LogP contribution in [0.2, 0.25) is 0 Å². The lowest BCUT2D eigenvalue weighted by molar-refractivity contribution is 0.414. The van der Waals surface area contributed by atoms with E-state index >= 15 is 0 Å². The van der Waals surface area contributed by atoms with Crippen molar-refractivity contribution in [3.05, 3.63) is 52.8 Å². The Labute approximate surface area is 121 Å². The van der Waals surface area contributed by atoms with Crippen molar-refractivity contribution in [3.8, 4) is 5.75 Å². The van der Waals surface area contributed by atoms with Crippen LogP contribution < -0.4 is 10.1 Å². The van der Waals surface area contributed by atoms with E-state index in [1.807, 2.05) is 12.1 Å². The third-order valence-electron chi connectivity index (χ3n) is 4.09. The molecular weight excluding hydrogens is 248 g/mol. The lowest BCUT2D eigenvalue weighted by atomic mass is 10.1. The summed E-state index contributed by atoms with van der Waals surface area (Å²) in [6.07, 6.45) is 0. The first kappa shape index (κ1) is 14.7. The Balaban J connectivity index is 2.00. The third kappa shape index (κ3) is 3.05. The van der Waals surface area contributed by atoms with Crippen molar-refractivity contribution in [3.63, 3.8) is 0 Å². The topological polar surface area (TPSA) is 26.2 Å². The van der Waals surface area contributed by atoms with Crippen molar-refractivity contribution in [2.45, 2.75) is 33.4 Å². The van der Waals surface area contributed by atoms with Gasteiger partial charge in [-0.05, 0) is 50.1 Å². The van der Waals surface area contributed by atoms with Gasteiger partial charge in [-0.3, -0.25) is 0 Å². The first-order valence-corrected chi connectivity index (χ1v) is 7.02. The number of rotatable bonds is 5. The molecule has 1 aromatic carbocycles. The Bertz CT molecular complexity index is 569. The fraction of sp³-hybridized carbons (Fsp3) is 0.412. The van der Waals surface area contributed by atoms with Crippen molar-refractivity contribution in [1.29, 1.82) is 0 Å². The Kier molecular flexibility index (Phi) is 4.50. The molecule has 20 heavy (non-hydrogen) atoms. The van der Waals surface area contributed by atoms with E-state index in [1.165, 1.54) is 22.5 Å². The van der Waals surface area contributed by atoms with Gasteiger partial charge in [0.1, 0.15) is 5.75 Å². The van der Waals surface area contributed by atoms with Gasteiger partial charge in [0, 0.05) is 31.0 Å². The van der Waals surface area contributed by atoms with Crippen LogP contribution in [-0.4, -0.2) is 11.7 Å². The summed E-state index contributed by atoms with van der Waals surface area (Å²) in [5.41, 5.74) is 5.27. The Morgan fingerprint density at radius 1 is 1.20 bits per heavy atom. The fourth-order valence-corrected chi connectivity index (χ4v) is 2.39. The molecule has 108 valence electrons. The van der Waals surface area contributed by atoms with Gasteiger partial charge in [0.25, 0.3) is 0 Å². The van der Waals surface area contributed by atoms with Gasteiger partial charge in [0.15, 0.2) is 0 Å². The summed E-state index contributed by atoms with van der Waals surface area (Å²) in [5, 5.41) is 3.58. The Hall–Kier alpha value is -1.74. The predicted octanol–water partition coefficient (Wildman–Crippen LogP) is 3.50. The van der Waals surface area contributed by atoms with Gasteiger partial charge in [0.05, 0.1) is 7.11 Å². The predicted molar refractivity (Wildman–Crippen MR) is 83.1 cm³/mol. The number of nitrogens with one attached hydrogen (secondary N) is 1. The molecule has 1 atom stereocenters. The smallest absolute Gasteiger partial charge is 0.118 e. The summed E-state index contributed by atoms with van der Waals surface area (Å²) in [5.74, 6) is 0.899. The summed E-state index contributed by atoms with van der Waals surface area (Å²) in [6, 6.07) is 10.8.